The number of rotatable bonds is 2. The molecule has 1 aromatic heterocycles. The minimum absolute atomic E-state index is 0.585. The van der Waals surface area contributed by atoms with Crippen LogP contribution >= 0.6 is 0 Å². The van der Waals surface area contributed by atoms with Gasteiger partial charge < -0.3 is 5.73 Å². The molecule has 1 aromatic rings. The van der Waals surface area contributed by atoms with Gasteiger partial charge in [-0.3, -0.25) is 0 Å². The second kappa shape index (κ2) is 4.07. The molecule has 2 saturated carbocycles. The normalized spacial score (nSPS) is 23.2. The van der Waals surface area contributed by atoms with Crippen LogP contribution in [-0.4, -0.2) is 15.0 Å². The number of nitrogen functional groups attached to an aromatic ring is 1. The summed E-state index contributed by atoms with van der Waals surface area (Å²) in [6.07, 6.45) is 10.4. The van der Waals surface area contributed by atoms with Gasteiger partial charge in [0, 0.05) is 5.92 Å². The molecule has 0 bridgehead atoms. The van der Waals surface area contributed by atoms with E-state index in [1.165, 1.54) is 57.1 Å². The molecule has 4 heteroatoms. The Balaban J connectivity index is 1.88. The van der Waals surface area contributed by atoms with Crippen molar-refractivity contribution in [2.45, 2.75) is 63.3 Å². The average molecular weight is 220 g/mol. The molecule has 0 spiro atoms. The van der Waals surface area contributed by atoms with E-state index in [0.717, 1.165) is 0 Å². The lowest BCUT2D eigenvalue weighted by molar-refractivity contribution is 0.268. The maximum atomic E-state index is 5.99. The summed E-state index contributed by atoms with van der Waals surface area (Å²) in [4.78, 5) is 0. The molecular formula is C12H20N4. The fraction of sp³-hybridized carbons (Fsp3) is 0.833. The molecule has 0 aliphatic heterocycles. The first kappa shape index (κ1) is 10.1. The number of aromatic nitrogens is 3. The fourth-order valence-corrected chi connectivity index (χ4v) is 2.99. The Morgan fingerprint density at radius 2 is 1.75 bits per heavy atom. The van der Waals surface area contributed by atoms with Crippen LogP contribution in [0.2, 0.25) is 0 Å². The van der Waals surface area contributed by atoms with Crippen LogP contribution in [0, 0.1) is 0 Å². The van der Waals surface area contributed by atoms with Gasteiger partial charge >= 0.3 is 0 Å². The minimum Gasteiger partial charge on any atom is -0.381 e. The first-order valence-electron chi connectivity index (χ1n) is 6.57. The topological polar surface area (TPSA) is 56.7 Å². The Morgan fingerprint density at radius 1 is 1.00 bits per heavy atom. The van der Waals surface area contributed by atoms with Gasteiger partial charge in [0.15, 0.2) is 5.82 Å². The van der Waals surface area contributed by atoms with E-state index in [-0.39, 0.29) is 0 Å². The van der Waals surface area contributed by atoms with Crippen LogP contribution in [0.4, 0.5) is 5.82 Å². The maximum absolute atomic E-state index is 5.99. The summed E-state index contributed by atoms with van der Waals surface area (Å²) in [7, 11) is 0. The first-order chi connectivity index (χ1) is 7.86. The summed E-state index contributed by atoms with van der Waals surface area (Å²) in [6, 6.07) is 0.585. The third kappa shape index (κ3) is 1.60. The second-order valence-electron chi connectivity index (χ2n) is 5.22. The zero-order valence-corrected chi connectivity index (χ0v) is 9.73. The van der Waals surface area contributed by atoms with Gasteiger partial charge in [-0.25, -0.2) is 4.68 Å². The molecule has 2 fully saturated rings. The van der Waals surface area contributed by atoms with Gasteiger partial charge in [-0.2, -0.15) is 0 Å². The summed E-state index contributed by atoms with van der Waals surface area (Å²) in [5, 5.41) is 8.34. The Hall–Kier alpha value is -1.06. The monoisotopic (exact) mass is 220 g/mol. The molecule has 0 unspecified atom stereocenters. The van der Waals surface area contributed by atoms with Crippen molar-refractivity contribution in [2.24, 2.45) is 0 Å². The molecular weight excluding hydrogens is 200 g/mol. The van der Waals surface area contributed by atoms with Crippen molar-refractivity contribution in [3.63, 3.8) is 0 Å². The third-order valence-corrected chi connectivity index (χ3v) is 4.17. The molecule has 0 amide bonds. The Morgan fingerprint density at radius 3 is 2.38 bits per heavy atom. The van der Waals surface area contributed by atoms with Gasteiger partial charge in [-0.1, -0.05) is 24.5 Å². The Labute approximate surface area is 96.2 Å². The zero-order valence-electron chi connectivity index (χ0n) is 9.73. The fourth-order valence-electron chi connectivity index (χ4n) is 2.99. The van der Waals surface area contributed by atoms with Crippen molar-refractivity contribution in [2.75, 3.05) is 5.73 Å². The zero-order chi connectivity index (χ0) is 11.0. The van der Waals surface area contributed by atoms with Crippen LogP contribution in [0.25, 0.3) is 0 Å². The SMILES string of the molecule is Nc1nnn(C2CCC2)c1C1CCCCC1. The van der Waals surface area contributed by atoms with Crippen LogP contribution in [0.3, 0.4) is 0 Å². The van der Waals surface area contributed by atoms with Crippen molar-refractivity contribution in [1.82, 2.24) is 15.0 Å². The molecule has 0 radical (unpaired) electrons. The van der Waals surface area contributed by atoms with E-state index in [0.29, 0.717) is 17.8 Å². The molecule has 4 nitrogen and oxygen atoms in total. The highest BCUT2D eigenvalue weighted by Crippen LogP contribution is 2.39. The quantitative estimate of drug-likeness (QED) is 0.833. The molecule has 2 aliphatic rings. The molecule has 2 aliphatic carbocycles. The van der Waals surface area contributed by atoms with E-state index in [1.807, 2.05) is 0 Å². The van der Waals surface area contributed by atoms with Gasteiger partial charge in [0.2, 0.25) is 0 Å². The lowest BCUT2D eigenvalue weighted by atomic mass is 9.85. The number of nitrogens with zero attached hydrogens (tertiary/aromatic N) is 3. The number of hydrogen-bond donors (Lipinski definition) is 1. The number of nitrogens with two attached hydrogens (primary N) is 1. The van der Waals surface area contributed by atoms with Crippen molar-refractivity contribution < 1.29 is 0 Å². The van der Waals surface area contributed by atoms with Gasteiger partial charge in [0.05, 0.1) is 11.7 Å². The van der Waals surface area contributed by atoms with E-state index in [9.17, 15) is 0 Å². The van der Waals surface area contributed by atoms with Crippen molar-refractivity contribution in [3.8, 4) is 0 Å². The second-order valence-corrected chi connectivity index (χ2v) is 5.22. The number of hydrogen-bond acceptors (Lipinski definition) is 3. The maximum Gasteiger partial charge on any atom is 0.169 e. The van der Waals surface area contributed by atoms with E-state index in [4.69, 9.17) is 5.73 Å². The van der Waals surface area contributed by atoms with Gasteiger partial charge in [-0.05, 0) is 32.1 Å². The summed E-state index contributed by atoms with van der Waals surface area (Å²) in [5.41, 5.74) is 7.23. The summed E-state index contributed by atoms with van der Waals surface area (Å²) in [6.45, 7) is 0. The van der Waals surface area contributed by atoms with Crippen molar-refractivity contribution >= 4 is 5.82 Å². The van der Waals surface area contributed by atoms with Crippen LogP contribution < -0.4 is 5.73 Å². The molecule has 88 valence electrons. The first-order valence-corrected chi connectivity index (χ1v) is 6.57. The Bertz CT molecular complexity index is 361. The minimum atomic E-state index is 0.585. The lowest BCUT2D eigenvalue weighted by Crippen LogP contribution is -2.22. The molecule has 0 atom stereocenters. The molecule has 0 saturated heterocycles. The summed E-state index contributed by atoms with van der Waals surface area (Å²) < 4.78 is 2.13. The number of anilines is 1. The molecule has 0 aromatic carbocycles. The van der Waals surface area contributed by atoms with E-state index >= 15 is 0 Å². The Kier molecular flexibility index (Phi) is 2.58. The highest BCUT2D eigenvalue weighted by molar-refractivity contribution is 5.36. The third-order valence-electron chi connectivity index (χ3n) is 4.17. The van der Waals surface area contributed by atoms with Crippen molar-refractivity contribution in [3.05, 3.63) is 5.69 Å². The van der Waals surface area contributed by atoms with Crippen LogP contribution in [0.15, 0.2) is 0 Å². The molecule has 2 N–H and O–H groups in total. The van der Waals surface area contributed by atoms with E-state index in [1.54, 1.807) is 0 Å². The van der Waals surface area contributed by atoms with Gasteiger partial charge in [0.1, 0.15) is 0 Å². The van der Waals surface area contributed by atoms with E-state index in [2.05, 4.69) is 15.0 Å². The largest absolute Gasteiger partial charge is 0.381 e. The van der Waals surface area contributed by atoms with Crippen LogP contribution in [0.5, 0.6) is 0 Å². The lowest BCUT2D eigenvalue weighted by Gasteiger charge is -2.30. The summed E-state index contributed by atoms with van der Waals surface area (Å²) >= 11 is 0. The smallest absolute Gasteiger partial charge is 0.169 e. The highest BCUT2D eigenvalue weighted by atomic mass is 15.5. The predicted molar refractivity (Wildman–Crippen MR) is 63.1 cm³/mol. The average Bonchev–Trinajstić information content (AvgIpc) is 2.59. The summed E-state index contributed by atoms with van der Waals surface area (Å²) in [5.74, 6) is 1.29. The van der Waals surface area contributed by atoms with E-state index < -0.39 is 0 Å². The van der Waals surface area contributed by atoms with Crippen LogP contribution in [0.1, 0.15) is 69.0 Å². The standard InChI is InChI=1S/C12H20N4/c13-12-11(9-5-2-1-3-6-9)16(15-14-12)10-7-4-8-10/h9-10H,1-8,13H2. The van der Waals surface area contributed by atoms with Gasteiger partial charge in [-0.15, -0.1) is 5.10 Å². The molecule has 1 heterocycles. The molecule has 3 rings (SSSR count). The van der Waals surface area contributed by atoms with Crippen LogP contribution in [-0.2, 0) is 0 Å². The highest BCUT2D eigenvalue weighted by Gasteiger charge is 2.29. The van der Waals surface area contributed by atoms with Crippen molar-refractivity contribution in [1.29, 1.82) is 0 Å². The predicted octanol–water partition coefficient (Wildman–Crippen LogP) is 2.63. The van der Waals surface area contributed by atoms with Gasteiger partial charge in [0.25, 0.3) is 0 Å². The molecule has 16 heavy (non-hydrogen) atoms.